The van der Waals surface area contributed by atoms with E-state index in [1.54, 1.807) is 17.0 Å². The van der Waals surface area contributed by atoms with E-state index >= 15 is 0 Å². The lowest BCUT2D eigenvalue weighted by molar-refractivity contribution is -0.108. The Balaban J connectivity index is 2.10. The molecule has 7 heteroatoms. The van der Waals surface area contributed by atoms with Crippen molar-refractivity contribution < 1.29 is 24.2 Å². The van der Waals surface area contributed by atoms with E-state index in [-0.39, 0.29) is 12.6 Å². The van der Waals surface area contributed by atoms with Gasteiger partial charge in [0.2, 0.25) is 6.41 Å². The van der Waals surface area contributed by atoms with Crippen molar-refractivity contribution in [1.29, 1.82) is 0 Å². The zero-order chi connectivity index (χ0) is 20.3. The molecule has 1 aliphatic rings. The lowest BCUT2D eigenvalue weighted by Crippen LogP contribution is -2.44. The average Bonchev–Trinajstić information content (AvgIpc) is 2.71. The number of fused-ring (bicyclic) bond motifs is 1. The summed E-state index contributed by atoms with van der Waals surface area (Å²) in [5.74, 6) is 0.989. The van der Waals surface area contributed by atoms with Gasteiger partial charge in [0.1, 0.15) is 0 Å². The van der Waals surface area contributed by atoms with Crippen LogP contribution in [0.2, 0.25) is 0 Å². The van der Waals surface area contributed by atoms with Crippen LogP contribution in [-0.2, 0) is 11.3 Å². The molecule has 2 unspecified atom stereocenters. The molecule has 28 heavy (non-hydrogen) atoms. The first-order chi connectivity index (χ1) is 13.5. The molecule has 148 valence electrons. The molecular weight excluding hydrogens is 360 g/mol. The van der Waals surface area contributed by atoms with E-state index < -0.39 is 12.1 Å². The van der Waals surface area contributed by atoms with E-state index in [0.717, 1.165) is 17.5 Å². The number of carbonyl (C=O) groups excluding carboxylic acids is 1. The maximum Gasteiger partial charge on any atom is 0.408 e. The Kier molecular flexibility index (Phi) is 5.73. The normalized spacial score (nSPS) is 18.2. The summed E-state index contributed by atoms with van der Waals surface area (Å²) >= 11 is 0. The molecule has 0 saturated carbocycles. The first kappa shape index (κ1) is 19.5. The summed E-state index contributed by atoms with van der Waals surface area (Å²) in [6.45, 7) is 2.16. The lowest BCUT2D eigenvalue weighted by atomic mass is 9.90. The number of anilines is 1. The van der Waals surface area contributed by atoms with Crippen LogP contribution in [0, 0.1) is 0 Å². The molecule has 0 aliphatic carbocycles. The molecule has 2 amide bonds. The highest BCUT2D eigenvalue weighted by atomic mass is 16.5. The quantitative estimate of drug-likeness (QED) is 0.769. The second-order valence-corrected chi connectivity index (χ2v) is 6.78. The molecule has 2 atom stereocenters. The highest BCUT2D eigenvalue weighted by molar-refractivity contribution is 5.82. The van der Waals surface area contributed by atoms with Gasteiger partial charge in [-0.25, -0.2) is 4.79 Å². The Bertz CT molecular complexity index is 855. The average molecular weight is 384 g/mol. The molecule has 2 aromatic carbocycles. The molecule has 0 bridgehead atoms. The number of benzene rings is 2. The number of amides is 2. The minimum Gasteiger partial charge on any atom is -0.493 e. The van der Waals surface area contributed by atoms with Gasteiger partial charge in [0.15, 0.2) is 11.5 Å². The molecule has 0 radical (unpaired) electrons. The van der Waals surface area contributed by atoms with Crippen LogP contribution in [0.15, 0.2) is 42.5 Å². The summed E-state index contributed by atoms with van der Waals surface area (Å²) in [5, 5.41) is 9.94. The number of ether oxygens (including phenoxy) is 2. The van der Waals surface area contributed by atoms with Gasteiger partial charge in [0, 0.05) is 24.2 Å². The first-order valence-corrected chi connectivity index (χ1v) is 9.03. The maximum atomic E-state index is 12.1. The maximum absolute atomic E-state index is 12.1. The van der Waals surface area contributed by atoms with Crippen LogP contribution < -0.4 is 14.4 Å². The fourth-order valence-electron chi connectivity index (χ4n) is 3.72. The fraction of sp³-hybridized carbons (Fsp3) is 0.333. The van der Waals surface area contributed by atoms with Crippen molar-refractivity contribution >= 4 is 18.2 Å². The smallest absolute Gasteiger partial charge is 0.408 e. The molecular formula is C21H24N2O5. The third-order valence-corrected chi connectivity index (χ3v) is 5.14. The third-order valence-electron chi connectivity index (χ3n) is 5.14. The minimum absolute atomic E-state index is 0.161. The second-order valence-electron chi connectivity index (χ2n) is 6.78. The lowest BCUT2D eigenvalue weighted by Gasteiger charge is -2.41. The zero-order valence-corrected chi connectivity index (χ0v) is 16.2. The standard InChI is InChI=1S/C21H24N2O5/c1-14-9-17(22(21(25)26)12-15-7-5-4-6-8-15)16-10-19(27-2)20(28-3)11-18(16)23(14)13-24/h4-8,10-11,13-14,17H,9,12H2,1-3H3,(H,25,26). The van der Waals surface area contributed by atoms with Crippen LogP contribution in [0.1, 0.15) is 30.5 Å². The Morgan fingerprint density at radius 3 is 2.43 bits per heavy atom. The Morgan fingerprint density at radius 2 is 1.86 bits per heavy atom. The molecule has 0 spiro atoms. The van der Waals surface area contributed by atoms with E-state index in [1.807, 2.05) is 37.3 Å². The molecule has 0 aromatic heterocycles. The van der Waals surface area contributed by atoms with E-state index in [9.17, 15) is 14.7 Å². The second kappa shape index (κ2) is 8.21. The van der Waals surface area contributed by atoms with Gasteiger partial charge in [-0.1, -0.05) is 30.3 Å². The number of hydrogen-bond donors (Lipinski definition) is 1. The van der Waals surface area contributed by atoms with Gasteiger partial charge in [-0.05, 0) is 25.0 Å². The van der Waals surface area contributed by atoms with Crippen molar-refractivity contribution in [1.82, 2.24) is 4.90 Å². The number of hydrogen-bond acceptors (Lipinski definition) is 4. The van der Waals surface area contributed by atoms with Gasteiger partial charge in [0.25, 0.3) is 0 Å². The topological polar surface area (TPSA) is 79.3 Å². The van der Waals surface area contributed by atoms with E-state index in [1.165, 1.54) is 19.1 Å². The molecule has 1 N–H and O–H groups in total. The highest BCUT2D eigenvalue weighted by Gasteiger charge is 2.37. The SMILES string of the molecule is COc1cc2c(cc1OC)N(C=O)C(C)CC2N(Cc1ccccc1)C(=O)O. The fourth-order valence-corrected chi connectivity index (χ4v) is 3.72. The predicted molar refractivity (Wildman–Crippen MR) is 105 cm³/mol. The summed E-state index contributed by atoms with van der Waals surface area (Å²) in [5.41, 5.74) is 2.26. The van der Waals surface area contributed by atoms with Crippen LogP contribution in [0.3, 0.4) is 0 Å². The van der Waals surface area contributed by atoms with Crippen molar-refractivity contribution in [2.24, 2.45) is 0 Å². The van der Waals surface area contributed by atoms with Gasteiger partial charge >= 0.3 is 6.09 Å². The molecule has 7 nitrogen and oxygen atoms in total. The third kappa shape index (κ3) is 3.60. The summed E-state index contributed by atoms with van der Waals surface area (Å²) < 4.78 is 10.8. The van der Waals surface area contributed by atoms with E-state index in [0.29, 0.717) is 23.6 Å². The minimum atomic E-state index is -1.01. The number of methoxy groups -OCH3 is 2. The van der Waals surface area contributed by atoms with Crippen LogP contribution in [-0.4, -0.2) is 42.8 Å². The molecule has 1 aliphatic heterocycles. The molecule has 3 rings (SSSR count). The van der Waals surface area contributed by atoms with Gasteiger partial charge in [-0.3, -0.25) is 9.69 Å². The molecule has 2 aromatic rings. The van der Waals surface area contributed by atoms with Crippen molar-refractivity contribution in [2.45, 2.75) is 32.0 Å². The number of rotatable bonds is 6. The van der Waals surface area contributed by atoms with Gasteiger partial charge < -0.3 is 19.5 Å². The van der Waals surface area contributed by atoms with Gasteiger partial charge in [0.05, 0.1) is 25.9 Å². The largest absolute Gasteiger partial charge is 0.493 e. The van der Waals surface area contributed by atoms with Crippen LogP contribution in [0.25, 0.3) is 0 Å². The van der Waals surface area contributed by atoms with Crippen molar-refractivity contribution in [3.63, 3.8) is 0 Å². The summed E-state index contributed by atoms with van der Waals surface area (Å²) in [7, 11) is 3.05. The molecule has 1 heterocycles. The number of carboxylic acid groups (broad SMARTS) is 1. The number of carbonyl (C=O) groups is 2. The highest BCUT2D eigenvalue weighted by Crippen LogP contribution is 2.45. The predicted octanol–water partition coefficient (Wildman–Crippen LogP) is 3.68. The Labute approximate surface area is 164 Å². The van der Waals surface area contributed by atoms with E-state index in [2.05, 4.69) is 0 Å². The Hall–Kier alpha value is -3.22. The van der Waals surface area contributed by atoms with Crippen LogP contribution in [0.4, 0.5) is 10.5 Å². The zero-order valence-electron chi connectivity index (χ0n) is 16.2. The van der Waals surface area contributed by atoms with Gasteiger partial charge in [-0.2, -0.15) is 0 Å². The summed E-state index contributed by atoms with van der Waals surface area (Å²) in [4.78, 5) is 26.9. The van der Waals surface area contributed by atoms with Crippen LogP contribution >= 0.6 is 0 Å². The molecule has 0 fully saturated rings. The van der Waals surface area contributed by atoms with Crippen molar-refractivity contribution in [3.8, 4) is 11.5 Å². The van der Waals surface area contributed by atoms with Crippen molar-refractivity contribution in [2.75, 3.05) is 19.1 Å². The molecule has 0 saturated heterocycles. The monoisotopic (exact) mass is 384 g/mol. The summed E-state index contributed by atoms with van der Waals surface area (Å²) in [6, 6.07) is 12.4. The van der Waals surface area contributed by atoms with E-state index in [4.69, 9.17) is 9.47 Å². The van der Waals surface area contributed by atoms with Gasteiger partial charge in [-0.15, -0.1) is 0 Å². The summed E-state index contributed by atoms with van der Waals surface area (Å²) in [6.07, 6.45) is 0.246. The van der Waals surface area contributed by atoms with Crippen LogP contribution in [0.5, 0.6) is 11.5 Å². The Morgan fingerprint density at radius 1 is 1.21 bits per heavy atom. The number of nitrogens with zero attached hydrogens (tertiary/aromatic N) is 2. The van der Waals surface area contributed by atoms with Crippen molar-refractivity contribution in [3.05, 3.63) is 53.6 Å². The first-order valence-electron chi connectivity index (χ1n) is 9.03.